The number of hydrogen-bond donors (Lipinski definition) is 1. The van der Waals surface area contributed by atoms with Crippen LogP contribution in [0.1, 0.15) is 34.6 Å². The van der Waals surface area contributed by atoms with Crippen molar-refractivity contribution in [2.45, 2.75) is 51.9 Å². The lowest BCUT2D eigenvalue weighted by Gasteiger charge is -2.42. The van der Waals surface area contributed by atoms with E-state index in [1.807, 2.05) is 34.6 Å². The molecule has 1 amide bonds. The molecule has 5 heteroatoms. The maximum atomic E-state index is 11.9. The van der Waals surface area contributed by atoms with E-state index < -0.39 is 11.2 Å². The Balaban J connectivity index is 2.67. The Morgan fingerprint density at radius 3 is 2.59 bits per heavy atom. The molecule has 0 bridgehead atoms. The van der Waals surface area contributed by atoms with Crippen molar-refractivity contribution in [1.29, 1.82) is 0 Å². The maximum absolute atomic E-state index is 11.9. The molecule has 1 rings (SSSR count). The first-order valence-corrected chi connectivity index (χ1v) is 5.89. The first-order chi connectivity index (χ1) is 7.63. The van der Waals surface area contributed by atoms with Crippen molar-refractivity contribution in [2.75, 3.05) is 19.7 Å². The normalized spacial score (nSPS) is 24.6. The fraction of sp³-hybridized carbons (Fsp3) is 0.917. The van der Waals surface area contributed by atoms with Gasteiger partial charge in [0.2, 0.25) is 0 Å². The van der Waals surface area contributed by atoms with E-state index in [1.54, 1.807) is 4.90 Å². The van der Waals surface area contributed by atoms with Crippen molar-refractivity contribution in [3.63, 3.8) is 0 Å². The van der Waals surface area contributed by atoms with E-state index >= 15 is 0 Å². The van der Waals surface area contributed by atoms with Crippen LogP contribution in [0, 0.1) is 0 Å². The Labute approximate surface area is 103 Å². The van der Waals surface area contributed by atoms with E-state index in [9.17, 15) is 4.79 Å². The topological polar surface area (TPSA) is 59.0 Å². The molecule has 1 unspecified atom stereocenters. The molecule has 0 aromatic heterocycles. The van der Waals surface area contributed by atoms with Crippen LogP contribution >= 0.6 is 0 Å². The van der Waals surface area contributed by atoms with Gasteiger partial charge in [0.05, 0.1) is 31.4 Å². The highest BCUT2D eigenvalue weighted by Crippen LogP contribution is 2.22. The molecule has 0 aromatic carbocycles. The molecule has 0 saturated carbocycles. The average Bonchev–Trinajstić information content (AvgIpc) is 2.12. The zero-order valence-corrected chi connectivity index (χ0v) is 11.3. The second-order valence-corrected chi connectivity index (χ2v) is 6.04. The van der Waals surface area contributed by atoms with Crippen LogP contribution in [0.5, 0.6) is 0 Å². The molecule has 0 spiro atoms. The monoisotopic (exact) mass is 245 g/mol. The third-order valence-corrected chi connectivity index (χ3v) is 2.34. The van der Waals surface area contributed by atoms with Gasteiger partial charge in [0.1, 0.15) is 5.60 Å². The molecular formula is C12H23NO4. The quantitative estimate of drug-likeness (QED) is 0.758. The molecule has 0 aliphatic carbocycles. The van der Waals surface area contributed by atoms with Crippen LogP contribution in [-0.4, -0.2) is 53.1 Å². The minimum absolute atomic E-state index is 0.0945. The standard InChI is InChI=1S/C12H23NO4/c1-11(2,3)17-10(15)13-6-9(7-14)16-12(4,5)8-13/h9,14H,6-8H2,1-5H3. The van der Waals surface area contributed by atoms with Crippen LogP contribution in [0.4, 0.5) is 4.79 Å². The molecule has 1 atom stereocenters. The van der Waals surface area contributed by atoms with Gasteiger partial charge in [-0.3, -0.25) is 0 Å². The Morgan fingerprint density at radius 1 is 1.53 bits per heavy atom. The summed E-state index contributed by atoms with van der Waals surface area (Å²) in [5, 5.41) is 9.15. The Kier molecular flexibility index (Phi) is 4.04. The smallest absolute Gasteiger partial charge is 0.410 e. The molecule has 1 heterocycles. The summed E-state index contributed by atoms with van der Waals surface area (Å²) in [6.45, 7) is 10.0. The summed E-state index contributed by atoms with van der Waals surface area (Å²) >= 11 is 0. The fourth-order valence-corrected chi connectivity index (χ4v) is 1.86. The predicted octanol–water partition coefficient (Wildman–Crippen LogP) is 1.39. The number of carbonyl (C=O) groups is 1. The van der Waals surface area contributed by atoms with Crippen LogP contribution in [0.15, 0.2) is 0 Å². The minimum atomic E-state index is -0.506. The van der Waals surface area contributed by atoms with Gasteiger partial charge >= 0.3 is 6.09 Å². The number of hydrogen-bond acceptors (Lipinski definition) is 4. The molecule has 0 radical (unpaired) electrons. The Morgan fingerprint density at radius 2 is 2.12 bits per heavy atom. The predicted molar refractivity (Wildman–Crippen MR) is 63.8 cm³/mol. The minimum Gasteiger partial charge on any atom is -0.444 e. The number of amides is 1. The van der Waals surface area contributed by atoms with Crippen molar-refractivity contribution in [3.8, 4) is 0 Å². The second kappa shape index (κ2) is 4.82. The third kappa shape index (κ3) is 4.52. The van der Waals surface area contributed by atoms with Gasteiger partial charge in [0, 0.05) is 0 Å². The summed E-state index contributed by atoms with van der Waals surface area (Å²) in [5.74, 6) is 0. The number of aliphatic hydroxyl groups is 1. The van der Waals surface area contributed by atoms with Crippen LogP contribution < -0.4 is 0 Å². The molecule has 1 fully saturated rings. The van der Waals surface area contributed by atoms with Gasteiger partial charge in [-0.1, -0.05) is 0 Å². The summed E-state index contributed by atoms with van der Waals surface area (Å²) in [5.41, 5.74) is -0.962. The van der Waals surface area contributed by atoms with Crippen molar-refractivity contribution in [2.24, 2.45) is 0 Å². The zero-order valence-electron chi connectivity index (χ0n) is 11.3. The molecule has 1 aliphatic rings. The molecule has 0 aromatic rings. The van der Waals surface area contributed by atoms with Gasteiger partial charge in [-0.05, 0) is 34.6 Å². The summed E-state index contributed by atoms with van der Waals surface area (Å²) in [7, 11) is 0. The highest BCUT2D eigenvalue weighted by atomic mass is 16.6. The lowest BCUT2D eigenvalue weighted by molar-refractivity contribution is -0.145. The fourth-order valence-electron chi connectivity index (χ4n) is 1.86. The SMILES string of the molecule is CC(C)(C)OC(=O)N1CC(CO)OC(C)(C)C1. The summed E-state index contributed by atoms with van der Waals surface area (Å²) in [6.07, 6.45) is -0.696. The number of ether oxygens (including phenoxy) is 2. The number of carbonyl (C=O) groups excluding carboxylic acids is 1. The number of aliphatic hydroxyl groups excluding tert-OH is 1. The van der Waals surface area contributed by atoms with Gasteiger partial charge in [-0.15, -0.1) is 0 Å². The van der Waals surface area contributed by atoms with E-state index in [1.165, 1.54) is 0 Å². The van der Waals surface area contributed by atoms with Crippen molar-refractivity contribution >= 4 is 6.09 Å². The summed E-state index contributed by atoms with van der Waals surface area (Å²) < 4.78 is 10.9. The largest absolute Gasteiger partial charge is 0.444 e. The van der Waals surface area contributed by atoms with E-state index in [2.05, 4.69) is 0 Å². The summed E-state index contributed by atoms with van der Waals surface area (Å²) in [4.78, 5) is 13.5. The molecule has 5 nitrogen and oxygen atoms in total. The van der Waals surface area contributed by atoms with E-state index in [0.717, 1.165) is 0 Å². The second-order valence-electron chi connectivity index (χ2n) is 6.04. The van der Waals surface area contributed by atoms with Crippen molar-refractivity contribution in [1.82, 2.24) is 4.90 Å². The molecule has 1 aliphatic heterocycles. The lowest BCUT2D eigenvalue weighted by Crippen LogP contribution is -2.56. The van der Waals surface area contributed by atoms with Crippen LogP contribution in [0.3, 0.4) is 0 Å². The average molecular weight is 245 g/mol. The van der Waals surface area contributed by atoms with Gasteiger partial charge in [0.25, 0.3) is 0 Å². The maximum Gasteiger partial charge on any atom is 0.410 e. The molecule has 1 N–H and O–H groups in total. The van der Waals surface area contributed by atoms with Gasteiger partial charge < -0.3 is 19.5 Å². The number of rotatable bonds is 1. The molecule has 17 heavy (non-hydrogen) atoms. The highest BCUT2D eigenvalue weighted by Gasteiger charge is 2.36. The van der Waals surface area contributed by atoms with Crippen molar-refractivity contribution in [3.05, 3.63) is 0 Å². The summed E-state index contributed by atoms with van der Waals surface area (Å²) in [6, 6.07) is 0. The van der Waals surface area contributed by atoms with Crippen molar-refractivity contribution < 1.29 is 19.4 Å². The molecule has 100 valence electrons. The molecular weight excluding hydrogens is 222 g/mol. The van der Waals surface area contributed by atoms with Crippen LogP contribution in [0.2, 0.25) is 0 Å². The van der Waals surface area contributed by atoms with Gasteiger partial charge in [-0.25, -0.2) is 4.79 Å². The van der Waals surface area contributed by atoms with Crippen LogP contribution in [-0.2, 0) is 9.47 Å². The first-order valence-electron chi connectivity index (χ1n) is 5.89. The van der Waals surface area contributed by atoms with Gasteiger partial charge in [-0.2, -0.15) is 0 Å². The first kappa shape index (κ1) is 14.3. The number of nitrogens with zero attached hydrogens (tertiary/aromatic N) is 1. The zero-order chi connectivity index (χ0) is 13.3. The Bertz CT molecular complexity index is 283. The van der Waals surface area contributed by atoms with E-state index in [-0.39, 0.29) is 18.8 Å². The highest BCUT2D eigenvalue weighted by molar-refractivity contribution is 5.68. The third-order valence-electron chi connectivity index (χ3n) is 2.34. The van der Waals surface area contributed by atoms with Crippen LogP contribution in [0.25, 0.3) is 0 Å². The van der Waals surface area contributed by atoms with E-state index in [0.29, 0.717) is 13.1 Å². The van der Waals surface area contributed by atoms with Gasteiger partial charge in [0.15, 0.2) is 0 Å². The Hall–Kier alpha value is -0.810. The molecule has 1 saturated heterocycles. The van der Waals surface area contributed by atoms with E-state index in [4.69, 9.17) is 14.6 Å². The lowest BCUT2D eigenvalue weighted by atomic mass is 10.1. The number of morpholine rings is 1.